The van der Waals surface area contributed by atoms with E-state index in [9.17, 15) is 4.79 Å². The van der Waals surface area contributed by atoms with Gasteiger partial charge in [0.05, 0.1) is 12.1 Å². The average Bonchev–Trinajstić information content (AvgIpc) is 2.23. The van der Waals surface area contributed by atoms with Crippen LogP contribution in [-0.2, 0) is 13.7 Å². The molecule has 78 valence electrons. The largest absolute Gasteiger partial charge is 0.391 e. The van der Waals surface area contributed by atoms with E-state index in [1.807, 2.05) is 25.1 Å². The molecule has 0 radical (unpaired) electrons. The first kappa shape index (κ1) is 9.93. The van der Waals surface area contributed by atoms with E-state index in [1.165, 1.54) is 0 Å². The standard InChI is InChI=1S/C12H13NO2/c1-8-3-4-11-9(5-8)6-10(7-14)12(15)13(11)2/h3-6,14H,7H2,1-2H3. The summed E-state index contributed by atoms with van der Waals surface area (Å²) in [7, 11) is 1.72. The third kappa shape index (κ3) is 1.55. The Kier molecular flexibility index (Phi) is 2.32. The summed E-state index contributed by atoms with van der Waals surface area (Å²) in [6.07, 6.45) is 0. The van der Waals surface area contributed by atoms with E-state index in [1.54, 1.807) is 17.7 Å². The molecule has 1 N–H and O–H groups in total. The van der Waals surface area contributed by atoms with Gasteiger partial charge in [-0.3, -0.25) is 4.79 Å². The molecule has 1 heterocycles. The van der Waals surface area contributed by atoms with Crippen LogP contribution in [0.3, 0.4) is 0 Å². The SMILES string of the molecule is Cc1ccc2c(c1)cc(CO)c(=O)n2C. The molecule has 0 aliphatic heterocycles. The Balaban J connectivity index is 2.91. The minimum atomic E-state index is -0.212. The first-order valence-electron chi connectivity index (χ1n) is 4.83. The van der Waals surface area contributed by atoms with E-state index >= 15 is 0 Å². The Bertz CT molecular complexity index is 570. The van der Waals surface area contributed by atoms with Crippen molar-refractivity contribution in [3.63, 3.8) is 0 Å². The van der Waals surface area contributed by atoms with Crippen LogP contribution in [-0.4, -0.2) is 9.67 Å². The maximum atomic E-state index is 11.7. The fourth-order valence-electron chi connectivity index (χ4n) is 1.78. The van der Waals surface area contributed by atoms with Crippen molar-refractivity contribution in [1.29, 1.82) is 0 Å². The maximum absolute atomic E-state index is 11.7. The molecule has 15 heavy (non-hydrogen) atoms. The molecule has 0 amide bonds. The summed E-state index contributed by atoms with van der Waals surface area (Å²) in [6, 6.07) is 7.66. The van der Waals surface area contributed by atoms with E-state index in [0.717, 1.165) is 16.5 Å². The summed E-state index contributed by atoms with van der Waals surface area (Å²) in [4.78, 5) is 11.7. The number of fused-ring (bicyclic) bond motifs is 1. The first-order valence-corrected chi connectivity index (χ1v) is 4.83. The number of hydrogen-bond acceptors (Lipinski definition) is 2. The quantitative estimate of drug-likeness (QED) is 0.760. The molecule has 0 spiro atoms. The summed E-state index contributed by atoms with van der Waals surface area (Å²) in [5.74, 6) is 0. The smallest absolute Gasteiger partial charge is 0.256 e. The van der Waals surface area contributed by atoms with Crippen molar-refractivity contribution in [1.82, 2.24) is 4.57 Å². The molecule has 1 aromatic heterocycles. The second-order valence-electron chi connectivity index (χ2n) is 3.75. The molecular weight excluding hydrogens is 190 g/mol. The highest BCUT2D eigenvalue weighted by Crippen LogP contribution is 2.14. The number of nitrogens with zero attached hydrogens (tertiary/aromatic N) is 1. The molecule has 0 saturated carbocycles. The van der Waals surface area contributed by atoms with Crippen LogP contribution < -0.4 is 5.56 Å². The molecule has 0 atom stereocenters. The zero-order valence-corrected chi connectivity index (χ0v) is 8.82. The van der Waals surface area contributed by atoms with Crippen LogP contribution in [0.1, 0.15) is 11.1 Å². The van der Waals surface area contributed by atoms with Crippen LogP contribution in [0, 0.1) is 6.92 Å². The van der Waals surface area contributed by atoms with Crippen molar-refractivity contribution >= 4 is 10.9 Å². The molecule has 0 unspecified atom stereocenters. The lowest BCUT2D eigenvalue weighted by Gasteiger charge is -2.07. The second kappa shape index (κ2) is 3.51. The molecule has 0 bridgehead atoms. The molecule has 0 aliphatic rings. The maximum Gasteiger partial charge on any atom is 0.256 e. The van der Waals surface area contributed by atoms with Gasteiger partial charge in [0.15, 0.2) is 0 Å². The molecule has 3 nitrogen and oxygen atoms in total. The number of hydrogen-bond donors (Lipinski definition) is 1. The highest BCUT2D eigenvalue weighted by atomic mass is 16.3. The number of pyridine rings is 1. The Labute approximate surface area is 87.6 Å². The summed E-state index contributed by atoms with van der Waals surface area (Å²) in [5, 5.41) is 10.0. The Hall–Kier alpha value is -1.61. The molecule has 2 aromatic rings. The zero-order chi connectivity index (χ0) is 11.0. The lowest BCUT2D eigenvalue weighted by molar-refractivity contribution is 0.279. The van der Waals surface area contributed by atoms with Gasteiger partial charge in [0.1, 0.15) is 0 Å². The van der Waals surface area contributed by atoms with Crippen molar-refractivity contribution in [3.8, 4) is 0 Å². The van der Waals surface area contributed by atoms with Gasteiger partial charge in [-0.15, -0.1) is 0 Å². The molecule has 0 aliphatic carbocycles. The monoisotopic (exact) mass is 203 g/mol. The van der Waals surface area contributed by atoms with Crippen molar-refractivity contribution < 1.29 is 5.11 Å². The van der Waals surface area contributed by atoms with Gasteiger partial charge in [-0.05, 0) is 30.5 Å². The number of aromatic nitrogens is 1. The molecule has 0 saturated heterocycles. The van der Waals surface area contributed by atoms with Crippen molar-refractivity contribution in [2.45, 2.75) is 13.5 Å². The number of rotatable bonds is 1. The van der Waals surface area contributed by atoms with E-state index in [0.29, 0.717) is 5.56 Å². The molecule has 3 heteroatoms. The lowest BCUT2D eigenvalue weighted by Crippen LogP contribution is -2.21. The summed E-state index contributed by atoms with van der Waals surface area (Å²) >= 11 is 0. The number of aliphatic hydroxyl groups is 1. The van der Waals surface area contributed by atoms with Gasteiger partial charge >= 0.3 is 0 Å². The van der Waals surface area contributed by atoms with E-state index in [-0.39, 0.29) is 12.2 Å². The van der Waals surface area contributed by atoms with E-state index in [4.69, 9.17) is 5.11 Å². The fraction of sp³-hybridized carbons (Fsp3) is 0.250. The Morgan fingerprint density at radius 2 is 2.07 bits per heavy atom. The first-order chi connectivity index (χ1) is 7.13. The molecule has 1 aromatic carbocycles. The van der Waals surface area contributed by atoms with Crippen molar-refractivity contribution in [2.75, 3.05) is 0 Å². The highest BCUT2D eigenvalue weighted by molar-refractivity contribution is 5.80. The van der Waals surface area contributed by atoms with Crippen LogP contribution in [0.25, 0.3) is 10.9 Å². The van der Waals surface area contributed by atoms with Gasteiger partial charge in [0, 0.05) is 12.6 Å². The third-order valence-electron chi connectivity index (χ3n) is 2.62. The fourth-order valence-corrected chi connectivity index (χ4v) is 1.78. The Morgan fingerprint density at radius 3 is 2.73 bits per heavy atom. The molecule has 2 rings (SSSR count). The predicted molar refractivity (Wildman–Crippen MR) is 59.8 cm³/mol. The van der Waals surface area contributed by atoms with Gasteiger partial charge in [0.2, 0.25) is 0 Å². The van der Waals surface area contributed by atoms with E-state index < -0.39 is 0 Å². The molecule has 0 fully saturated rings. The van der Waals surface area contributed by atoms with Crippen LogP contribution in [0.5, 0.6) is 0 Å². The van der Waals surface area contributed by atoms with Gasteiger partial charge in [-0.25, -0.2) is 0 Å². The van der Waals surface area contributed by atoms with Gasteiger partial charge in [-0.2, -0.15) is 0 Å². The third-order valence-corrected chi connectivity index (χ3v) is 2.62. The van der Waals surface area contributed by atoms with Crippen LogP contribution in [0.15, 0.2) is 29.1 Å². The van der Waals surface area contributed by atoms with Crippen molar-refractivity contribution in [2.24, 2.45) is 7.05 Å². The van der Waals surface area contributed by atoms with Crippen LogP contribution in [0.2, 0.25) is 0 Å². The number of aryl methyl sites for hydroxylation is 2. The van der Waals surface area contributed by atoms with Crippen molar-refractivity contribution in [3.05, 3.63) is 45.7 Å². The van der Waals surface area contributed by atoms with E-state index in [2.05, 4.69) is 0 Å². The van der Waals surface area contributed by atoms with Crippen LogP contribution in [0.4, 0.5) is 0 Å². The summed E-state index contributed by atoms with van der Waals surface area (Å²) in [6.45, 7) is 1.79. The molecular formula is C12H13NO2. The zero-order valence-electron chi connectivity index (χ0n) is 8.82. The number of benzene rings is 1. The Morgan fingerprint density at radius 1 is 1.33 bits per heavy atom. The minimum absolute atomic E-state index is 0.131. The summed E-state index contributed by atoms with van der Waals surface area (Å²) < 4.78 is 1.57. The topological polar surface area (TPSA) is 42.2 Å². The predicted octanol–water partition coefficient (Wildman–Crippen LogP) is 1.34. The van der Waals surface area contributed by atoms with Crippen LogP contribution >= 0.6 is 0 Å². The number of aliphatic hydroxyl groups excluding tert-OH is 1. The lowest BCUT2D eigenvalue weighted by atomic mass is 10.1. The highest BCUT2D eigenvalue weighted by Gasteiger charge is 2.05. The summed E-state index contributed by atoms with van der Waals surface area (Å²) in [5.41, 5.74) is 2.34. The van der Waals surface area contributed by atoms with Gasteiger partial charge < -0.3 is 9.67 Å². The normalized spacial score (nSPS) is 10.9. The van der Waals surface area contributed by atoms with Gasteiger partial charge in [0.25, 0.3) is 5.56 Å². The average molecular weight is 203 g/mol. The van der Waals surface area contributed by atoms with Gasteiger partial charge in [-0.1, -0.05) is 11.6 Å². The second-order valence-corrected chi connectivity index (χ2v) is 3.75. The minimum Gasteiger partial charge on any atom is -0.391 e.